The molecule has 0 saturated carbocycles. The van der Waals surface area contributed by atoms with Crippen molar-refractivity contribution in [3.63, 3.8) is 0 Å². The molecule has 0 bridgehead atoms. The third-order valence-electron chi connectivity index (χ3n) is 3.26. The summed E-state index contributed by atoms with van der Waals surface area (Å²) in [5, 5.41) is 3.13. The normalized spacial score (nSPS) is 18.5. The second kappa shape index (κ2) is 6.67. The van der Waals surface area contributed by atoms with Gasteiger partial charge in [-0.2, -0.15) is 0 Å². The number of rotatable bonds is 3. The molecule has 1 aliphatic heterocycles. The van der Waals surface area contributed by atoms with Crippen molar-refractivity contribution < 1.29 is 9.47 Å². The summed E-state index contributed by atoms with van der Waals surface area (Å²) in [6, 6.07) is 10.1. The first kappa shape index (κ1) is 14.7. The van der Waals surface area contributed by atoms with E-state index in [0.29, 0.717) is 25.6 Å². The van der Waals surface area contributed by atoms with E-state index in [4.69, 9.17) is 14.5 Å². The van der Waals surface area contributed by atoms with Crippen molar-refractivity contribution in [2.24, 2.45) is 0 Å². The molecule has 2 heterocycles. The van der Waals surface area contributed by atoms with Gasteiger partial charge in [0.15, 0.2) is 5.82 Å². The number of aromatic nitrogens is 2. The van der Waals surface area contributed by atoms with Crippen LogP contribution in [0.4, 0.5) is 5.82 Å². The summed E-state index contributed by atoms with van der Waals surface area (Å²) in [5.74, 6) is 1.48. The van der Waals surface area contributed by atoms with Crippen molar-refractivity contribution >= 4 is 28.4 Å². The molecule has 1 aliphatic rings. The maximum absolute atomic E-state index is 5.71. The van der Waals surface area contributed by atoms with E-state index in [9.17, 15) is 0 Å². The van der Waals surface area contributed by atoms with E-state index in [-0.39, 0.29) is 6.10 Å². The van der Waals surface area contributed by atoms with Gasteiger partial charge < -0.3 is 14.8 Å². The highest BCUT2D eigenvalue weighted by Crippen LogP contribution is 2.30. The first-order valence-corrected chi connectivity index (χ1v) is 7.87. The molecule has 1 aromatic heterocycles. The number of ether oxygens (including phenoxy) is 2. The molecule has 0 radical (unpaired) electrons. The van der Waals surface area contributed by atoms with Crippen molar-refractivity contribution in [3.05, 3.63) is 39.7 Å². The van der Waals surface area contributed by atoms with Crippen LogP contribution in [0, 0.1) is 3.57 Å². The van der Waals surface area contributed by atoms with Crippen molar-refractivity contribution in [1.82, 2.24) is 9.97 Å². The lowest BCUT2D eigenvalue weighted by atomic mass is 10.1. The fourth-order valence-electron chi connectivity index (χ4n) is 2.20. The van der Waals surface area contributed by atoms with Gasteiger partial charge in [-0.05, 0) is 22.6 Å². The number of benzene rings is 1. The SMILES string of the molecule is CNc1nc(C2COCCO2)nc(-c2ccccc2)c1I. The van der Waals surface area contributed by atoms with Crippen LogP contribution in [0.3, 0.4) is 0 Å². The van der Waals surface area contributed by atoms with Gasteiger partial charge >= 0.3 is 0 Å². The predicted molar refractivity (Wildman–Crippen MR) is 89.2 cm³/mol. The molecule has 110 valence electrons. The first-order chi connectivity index (χ1) is 10.3. The van der Waals surface area contributed by atoms with Crippen LogP contribution >= 0.6 is 22.6 Å². The molecule has 1 fully saturated rings. The molecule has 1 unspecified atom stereocenters. The minimum absolute atomic E-state index is 0.203. The lowest BCUT2D eigenvalue weighted by Gasteiger charge is -2.23. The van der Waals surface area contributed by atoms with Crippen LogP contribution in [0.2, 0.25) is 0 Å². The summed E-state index contributed by atoms with van der Waals surface area (Å²) in [7, 11) is 1.86. The van der Waals surface area contributed by atoms with Gasteiger partial charge in [-0.25, -0.2) is 9.97 Å². The zero-order valence-corrected chi connectivity index (χ0v) is 13.8. The Labute approximate surface area is 137 Å². The molecular weight excluding hydrogens is 381 g/mol. The van der Waals surface area contributed by atoms with Gasteiger partial charge in [0, 0.05) is 12.6 Å². The van der Waals surface area contributed by atoms with Crippen molar-refractivity contribution in [3.8, 4) is 11.3 Å². The van der Waals surface area contributed by atoms with Crippen molar-refractivity contribution in [2.75, 3.05) is 32.2 Å². The summed E-state index contributed by atoms with van der Waals surface area (Å²) in [6.45, 7) is 1.71. The van der Waals surface area contributed by atoms with Crippen LogP contribution in [0.1, 0.15) is 11.9 Å². The zero-order chi connectivity index (χ0) is 14.7. The third-order valence-corrected chi connectivity index (χ3v) is 4.28. The number of hydrogen-bond donors (Lipinski definition) is 1. The molecule has 3 rings (SSSR count). The average molecular weight is 397 g/mol. The minimum atomic E-state index is -0.203. The zero-order valence-electron chi connectivity index (χ0n) is 11.7. The molecule has 1 saturated heterocycles. The van der Waals surface area contributed by atoms with Gasteiger partial charge in [0.1, 0.15) is 11.9 Å². The van der Waals surface area contributed by atoms with Crippen LogP contribution in [0.15, 0.2) is 30.3 Å². The second-order valence-electron chi connectivity index (χ2n) is 4.64. The highest BCUT2D eigenvalue weighted by Gasteiger charge is 2.22. The van der Waals surface area contributed by atoms with Gasteiger partial charge in [0.05, 0.1) is 29.1 Å². The van der Waals surface area contributed by atoms with E-state index in [1.54, 1.807) is 0 Å². The summed E-state index contributed by atoms with van der Waals surface area (Å²) in [5.41, 5.74) is 1.98. The molecule has 1 aromatic carbocycles. The molecule has 0 aliphatic carbocycles. The van der Waals surface area contributed by atoms with Gasteiger partial charge in [0.2, 0.25) is 0 Å². The highest BCUT2D eigenvalue weighted by molar-refractivity contribution is 14.1. The average Bonchev–Trinajstić information content (AvgIpc) is 2.56. The van der Waals surface area contributed by atoms with Gasteiger partial charge in [-0.1, -0.05) is 30.3 Å². The van der Waals surface area contributed by atoms with Crippen LogP contribution in [0.25, 0.3) is 11.3 Å². The Bertz CT molecular complexity index is 616. The quantitative estimate of drug-likeness (QED) is 0.808. The Morgan fingerprint density at radius 2 is 2.00 bits per heavy atom. The van der Waals surface area contributed by atoms with Crippen LogP contribution in [-0.4, -0.2) is 36.8 Å². The van der Waals surface area contributed by atoms with E-state index in [2.05, 4.69) is 32.9 Å². The van der Waals surface area contributed by atoms with Crippen molar-refractivity contribution in [2.45, 2.75) is 6.10 Å². The van der Waals surface area contributed by atoms with E-state index >= 15 is 0 Å². The van der Waals surface area contributed by atoms with Gasteiger partial charge in [-0.15, -0.1) is 0 Å². The molecule has 1 atom stereocenters. The Morgan fingerprint density at radius 3 is 2.67 bits per heavy atom. The second-order valence-corrected chi connectivity index (χ2v) is 5.72. The van der Waals surface area contributed by atoms with Gasteiger partial charge in [0.25, 0.3) is 0 Å². The maximum Gasteiger partial charge on any atom is 0.162 e. The number of anilines is 1. The Hall–Kier alpha value is -1.25. The van der Waals surface area contributed by atoms with Crippen molar-refractivity contribution in [1.29, 1.82) is 0 Å². The number of hydrogen-bond acceptors (Lipinski definition) is 5. The maximum atomic E-state index is 5.71. The van der Waals surface area contributed by atoms with E-state index in [1.165, 1.54) is 0 Å². The standard InChI is InChI=1S/C15H16IN3O2/c1-17-15-12(16)13(10-5-3-2-4-6-10)18-14(19-15)11-9-20-7-8-21-11/h2-6,11H,7-9H2,1H3,(H,17,18,19). The molecular formula is C15H16IN3O2. The molecule has 1 N–H and O–H groups in total. The lowest BCUT2D eigenvalue weighted by molar-refractivity contribution is -0.0934. The lowest BCUT2D eigenvalue weighted by Crippen LogP contribution is -2.24. The number of nitrogens with zero attached hydrogens (tertiary/aromatic N) is 2. The molecule has 6 heteroatoms. The fourth-order valence-corrected chi connectivity index (χ4v) is 3.02. The number of nitrogens with one attached hydrogen (secondary N) is 1. The summed E-state index contributed by atoms with van der Waals surface area (Å²) >= 11 is 2.27. The Morgan fingerprint density at radius 1 is 1.19 bits per heavy atom. The van der Waals surface area contributed by atoms with Crippen LogP contribution < -0.4 is 5.32 Å². The van der Waals surface area contributed by atoms with E-state index < -0.39 is 0 Å². The monoisotopic (exact) mass is 397 g/mol. The molecule has 0 amide bonds. The predicted octanol–water partition coefficient (Wildman–Crippen LogP) is 2.88. The largest absolute Gasteiger partial charge is 0.376 e. The van der Waals surface area contributed by atoms with E-state index in [1.807, 2.05) is 37.4 Å². The van der Waals surface area contributed by atoms with Crippen LogP contribution in [-0.2, 0) is 9.47 Å². The first-order valence-electron chi connectivity index (χ1n) is 6.79. The molecule has 21 heavy (non-hydrogen) atoms. The summed E-state index contributed by atoms with van der Waals surface area (Å²) < 4.78 is 12.2. The molecule has 0 spiro atoms. The van der Waals surface area contributed by atoms with Gasteiger partial charge in [-0.3, -0.25) is 0 Å². The number of halogens is 1. The highest BCUT2D eigenvalue weighted by atomic mass is 127. The Balaban J connectivity index is 2.06. The minimum Gasteiger partial charge on any atom is -0.376 e. The van der Waals surface area contributed by atoms with E-state index in [0.717, 1.165) is 20.6 Å². The third kappa shape index (κ3) is 3.17. The van der Waals surface area contributed by atoms with Crippen LogP contribution in [0.5, 0.6) is 0 Å². The Kier molecular flexibility index (Phi) is 4.67. The summed E-state index contributed by atoms with van der Waals surface area (Å²) in [6.07, 6.45) is -0.203. The fraction of sp³-hybridized carbons (Fsp3) is 0.333. The topological polar surface area (TPSA) is 56.3 Å². The molecule has 2 aromatic rings. The summed E-state index contributed by atoms with van der Waals surface area (Å²) in [4.78, 5) is 9.28. The molecule has 5 nitrogen and oxygen atoms in total. The smallest absolute Gasteiger partial charge is 0.162 e.